The topological polar surface area (TPSA) is 0 Å². The molecule has 0 nitrogen and oxygen atoms in total. The van der Waals surface area contributed by atoms with E-state index in [1.807, 2.05) is 0 Å². The Morgan fingerprint density at radius 3 is 0.471 bits per heavy atom. The molecule has 0 rings (SSSR count). The minimum absolute atomic E-state index is 0. The second-order valence-electron chi connectivity index (χ2n) is 7.68. The van der Waals surface area contributed by atoms with Crippen molar-refractivity contribution in [2.45, 2.75) is 69.7 Å². The summed E-state index contributed by atoms with van der Waals surface area (Å²) in [6.07, 6.45) is 0. The fourth-order valence-corrected chi connectivity index (χ4v) is 0. The minimum atomic E-state index is 0. The Balaban J connectivity index is -0.0000000400. The molecule has 0 amide bonds. The predicted molar refractivity (Wildman–Crippen MR) is 86.9 cm³/mol. The van der Waals surface area contributed by atoms with Gasteiger partial charge in [0.25, 0.3) is 0 Å². The van der Waals surface area contributed by atoms with Gasteiger partial charge in [0.2, 0.25) is 0 Å². The third-order valence-corrected chi connectivity index (χ3v) is 0. The van der Waals surface area contributed by atoms with E-state index in [2.05, 4.69) is 83.1 Å². The molecule has 0 atom stereocenters. The summed E-state index contributed by atoms with van der Waals surface area (Å²) >= 11 is 0. The summed E-state index contributed by atoms with van der Waals surface area (Å²) in [6.45, 7) is 30.0. The van der Waals surface area contributed by atoms with Gasteiger partial charge in [0.15, 0.2) is 0 Å². The summed E-state index contributed by atoms with van der Waals surface area (Å²) in [5.41, 5.74) is 0.750. The van der Waals surface area contributed by atoms with Gasteiger partial charge >= 0.3 is 0 Å². The van der Waals surface area contributed by atoms with Gasteiger partial charge < -0.3 is 0 Å². The summed E-state index contributed by atoms with van der Waals surface area (Å²) < 4.78 is 0. The van der Waals surface area contributed by atoms with Crippen LogP contribution in [-0.4, -0.2) is 27.3 Å². The average Bonchev–Trinajstić information content (AvgIpc) is 1.41. The molecule has 0 aromatic heterocycles. The summed E-state index contributed by atoms with van der Waals surface area (Å²) in [4.78, 5) is 0. The predicted octanol–water partition coefficient (Wildman–Crippen LogP) is 5.86. The fraction of sp³-hybridized carbons (Fsp3) is 0.812. The zero-order valence-electron chi connectivity index (χ0n) is 13.1. The van der Waals surface area contributed by atoms with E-state index < -0.39 is 0 Å². The van der Waals surface area contributed by atoms with Gasteiger partial charge in [-0.05, 0) is 37.0 Å². The van der Waals surface area contributed by atoms with E-state index in [9.17, 15) is 0 Å². The van der Waals surface area contributed by atoms with Crippen LogP contribution in [0.15, 0.2) is 0 Å². The van der Waals surface area contributed by atoms with Crippen molar-refractivity contribution in [2.24, 2.45) is 16.2 Å². The number of hydrogen-bond acceptors (Lipinski definition) is 0. The molecular formula is C16H37Pb. The Kier molecular flexibility index (Phi) is 21.7. The maximum Gasteiger partial charge on any atom is 0 e. The monoisotopic (exact) mass is 437 g/mol. The van der Waals surface area contributed by atoms with Crippen molar-refractivity contribution >= 4 is 27.3 Å². The van der Waals surface area contributed by atoms with E-state index in [-0.39, 0.29) is 51.0 Å². The minimum Gasteiger partial charge on any atom is -0.0776 e. The number of hydrogen-bond donors (Lipinski definition) is 0. The summed E-state index contributed by atoms with van der Waals surface area (Å²) in [6, 6.07) is 0. The third kappa shape index (κ3) is 4430. The van der Waals surface area contributed by atoms with Gasteiger partial charge in [0, 0.05) is 27.3 Å². The maximum atomic E-state index is 3.77. The molecule has 0 fully saturated rings. The van der Waals surface area contributed by atoms with E-state index in [0.29, 0.717) is 0 Å². The van der Waals surface area contributed by atoms with Gasteiger partial charge in [-0.15, -0.1) is 0 Å². The quantitative estimate of drug-likeness (QED) is 0.418. The standard InChI is InChI=1S/3C5H11.CH4.Pb/c3*1-5(2,3)4;;/h3*1H2,2-4H3;1H4;. The zero-order chi connectivity index (χ0) is 13.5. The zero-order valence-corrected chi connectivity index (χ0v) is 17.0. The van der Waals surface area contributed by atoms with Crippen LogP contribution in [0.2, 0.25) is 0 Å². The van der Waals surface area contributed by atoms with Crippen LogP contribution >= 0.6 is 0 Å². The molecule has 0 saturated heterocycles. The largest absolute Gasteiger partial charge is 0.0776 e. The van der Waals surface area contributed by atoms with Crippen LogP contribution in [0.25, 0.3) is 0 Å². The van der Waals surface area contributed by atoms with Crippen molar-refractivity contribution in [1.29, 1.82) is 0 Å². The van der Waals surface area contributed by atoms with Gasteiger partial charge in [-0.3, -0.25) is 0 Å². The average molecular weight is 437 g/mol. The van der Waals surface area contributed by atoms with Crippen LogP contribution in [-0.2, 0) is 0 Å². The molecule has 0 saturated carbocycles. The second-order valence-corrected chi connectivity index (χ2v) is 7.68. The van der Waals surface area contributed by atoms with Crippen molar-refractivity contribution < 1.29 is 0 Å². The molecule has 0 aromatic rings. The molecule has 0 aliphatic rings. The first-order valence-electron chi connectivity index (χ1n) is 5.56. The molecule has 0 aliphatic carbocycles. The van der Waals surface area contributed by atoms with Gasteiger partial charge in [0.05, 0.1) is 0 Å². The number of rotatable bonds is 0. The van der Waals surface area contributed by atoms with Gasteiger partial charge in [-0.25, -0.2) is 0 Å². The molecule has 1 heteroatoms. The van der Waals surface area contributed by atoms with E-state index in [4.69, 9.17) is 0 Å². The molecule has 105 valence electrons. The molecule has 0 spiro atoms. The van der Waals surface area contributed by atoms with Crippen molar-refractivity contribution in [3.8, 4) is 0 Å². The van der Waals surface area contributed by atoms with Crippen molar-refractivity contribution in [2.75, 3.05) is 0 Å². The third-order valence-electron chi connectivity index (χ3n) is 0. The smallest absolute Gasteiger partial charge is 0 e. The Morgan fingerprint density at radius 1 is 0.471 bits per heavy atom. The molecule has 0 bridgehead atoms. The van der Waals surface area contributed by atoms with Crippen molar-refractivity contribution in [3.63, 3.8) is 0 Å². The molecule has 0 heterocycles. The van der Waals surface area contributed by atoms with Gasteiger partial charge in [-0.2, -0.15) is 0 Å². The van der Waals surface area contributed by atoms with Crippen LogP contribution in [0, 0.1) is 37.0 Å². The molecule has 0 aromatic carbocycles. The molecule has 0 aliphatic heterocycles. The normalized spacial score (nSPS) is 10.6. The van der Waals surface area contributed by atoms with Crippen LogP contribution in [0.4, 0.5) is 0 Å². The van der Waals surface area contributed by atoms with Crippen LogP contribution in [0.1, 0.15) is 69.7 Å². The van der Waals surface area contributed by atoms with E-state index >= 15 is 0 Å². The summed E-state index contributed by atoms with van der Waals surface area (Å²) in [5.74, 6) is 0. The van der Waals surface area contributed by atoms with Crippen LogP contribution in [0.3, 0.4) is 0 Å². The Labute approximate surface area is 134 Å². The molecule has 0 N–H and O–H groups in total. The Hall–Kier alpha value is 0.922. The molecule has 0 unspecified atom stereocenters. The Morgan fingerprint density at radius 2 is 0.471 bits per heavy atom. The van der Waals surface area contributed by atoms with Gasteiger partial charge in [-0.1, -0.05) is 69.7 Å². The van der Waals surface area contributed by atoms with Crippen molar-refractivity contribution in [3.05, 3.63) is 20.8 Å². The van der Waals surface area contributed by atoms with Crippen molar-refractivity contribution in [1.82, 2.24) is 0 Å². The molecular weight excluding hydrogens is 399 g/mol. The van der Waals surface area contributed by atoms with Gasteiger partial charge in [0.1, 0.15) is 0 Å². The first kappa shape index (κ1) is 30.7. The van der Waals surface area contributed by atoms with Crippen LogP contribution < -0.4 is 0 Å². The fourth-order valence-electron chi connectivity index (χ4n) is 0. The summed E-state index contributed by atoms with van der Waals surface area (Å²) in [5, 5.41) is 0. The Bertz CT molecular complexity index is 80.5. The molecule has 17 heavy (non-hydrogen) atoms. The summed E-state index contributed by atoms with van der Waals surface area (Å²) in [7, 11) is 0. The van der Waals surface area contributed by atoms with E-state index in [0.717, 1.165) is 0 Å². The van der Waals surface area contributed by atoms with E-state index in [1.165, 1.54) is 0 Å². The maximum absolute atomic E-state index is 3.77. The first-order valence-corrected chi connectivity index (χ1v) is 5.56. The molecule has 7 radical (unpaired) electrons. The SMILES string of the molecule is C.[CH2]C(C)(C)C.[CH2]C(C)(C)C.[CH2]C(C)(C)C.[Pb]. The van der Waals surface area contributed by atoms with Crippen LogP contribution in [0.5, 0.6) is 0 Å². The van der Waals surface area contributed by atoms with E-state index in [1.54, 1.807) is 0 Å². The second kappa shape index (κ2) is 12.0. The first-order chi connectivity index (χ1) is 6.00.